The van der Waals surface area contributed by atoms with Gasteiger partial charge in [0.15, 0.2) is 12.1 Å². The first-order valence-corrected chi connectivity index (χ1v) is 19.1. The summed E-state index contributed by atoms with van der Waals surface area (Å²) in [6, 6.07) is -0.606. The van der Waals surface area contributed by atoms with Crippen molar-refractivity contribution < 1.29 is 38.2 Å². The lowest BCUT2D eigenvalue weighted by Crippen LogP contribution is -2.50. The van der Waals surface area contributed by atoms with Gasteiger partial charge in [-0.15, -0.1) is 0 Å². The zero-order valence-corrected chi connectivity index (χ0v) is 30.8. The van der Waals surface area contributed by atoms with E-state index in [9.17, 15) is 19.5 Å². The molecule has 2 unspecified atom stereocenters. The third-order valence-corrected chi connectivity index (χ3v) is 8.76. The molecular formula is C38H74NO7+. The largest absolute Gasteiger partial charge is 0.477 e. The lowest BCUT2D eigenvalue weighted by molar-refractivity contribution is -0.887. The second-order valence-corrected chi connectivity index (χ2v) is 14.2. The summed E-state index contributed by atoms with van der Waals surface area (Å²) in [6.07, 6.45) is 27.1. The monoisotopic (exact) mass is 657 g/mol. The van der Waals surface area contributed by atoms with Crippen LogP contribution in [0.5, 0.6) is 0 Å². The van der Waals surface area contributed by atoms with E-state index in [1.807, 2.05) is 21.1 Å². The Hall–Kier alpha value is -1.67. The van der Waals surface area contributed by atoms with Gasteiger partial charge in [0, 0.05) is 19.3 Å². The molecule has 0 fully saturated rings. The minimum absolute atomic E-state index is 0.0436. The first-order valence-electron chi connectivity index (χ1n) is 19.1. The van der Waals surface area contributed by atoms with Crippen LogP contribution in [-0.4, -0.2) is 80.6 Å². The molecule has 0 spiro atoms. The Morgan fingerprint density at radius 3 is 1.35 bits per heavy atom. The molecule has 0 aromatic heterocycles. The maximum Gasteiger partial charge on any atom is 0.362 e. The van der Waals surface area contributed by atoms with Crippen molar-refractivity contribution in [2.24, 2.45) is 0 Å². The first kappa shape index (κ1) is 44.3. The number of nitrogens with zero attached hydrogens (tertiary/aromatic N) is 1. The highest BCUT2D eigenvalue weighted by Gasteiger charge is 2.31. The van der Waals surface area contributed by atoms with Crippen molar-refractivity contribution in [3.8, 4) is 0 Å². The number of quaternary nitrogens is 1. The van der Waals surface area contributed by atoms with Gasteiger partial charge in [-0.2, -0.15) is 0 Å². The second-order valence-electron chi connectivity index (χ2n) is 14.2. The number of carboxylic acids is 1. The number of rotatable bonds is 34. The fourth-order valence-corrected chi connectivity index (χ4v) is 5.74. The van der Waals surface area contributed by atoms with Crippen molar-refractivity contribution in [2.75, 3.05) is 41.0 Å². The number of unbranched alkanes of at least 4 members (excludes halogenated alkanes) is 20. The quantitative estimate of drug-likeness (QED) is 0.0418. The summed E-state index contributed by atoms with van der Waals surface area (Å²) in [7, 11) is 5.52. The summed E-state index contributed by atoms with van der Waals surface area (Å²) in [5, 5.41) is 9.56. The van der Waals surface area contributed by atoms with E-state index < -0.39 is 18.1 Å². The van der Waals surface area contributed by atoms with Crippen LogP contribution in [0.1, 0.15) is 174 Å². The molecule has 0 aromatic carbocycles. The van der Waals surface area contributed by atoms with Gasteiger partial charge in [0.05, 0.1) is 34.4 Å². The van der Waals surface area contributed by atoms with Crippen molar-refractivity contribution in [1.29, 1.82) is 0 Å². The zero-order chi connectivity index (χ0) is 34.3. The smallest absolute Gasteiger partial charge is 0.362 e. The van der Waals surface area contributed by atoms with E-state index in [4.69, 9.17) is 14.2 Å². The Morgan fingerprint density at radius 1 is 0.565 bits per heavy atom. The molecule has 0 aliphatic rings. The van der Waals surface area contributed by atoms with Crippen molar-refractivity contribution in [3.05, 3.63) is 0 Å². The number of hydrogen-bond donors (Lipinski definition) is 1. The minimum Gasteiger partial charge on any atom is -0.477 e. The topological polar surface area (TPSA) is 99.1 Å². The fraction of sp³-hybridized carbons (Fsp3) is 0.921. The molecule has 0 radical (unpaired) electrons. The average Bonchev–Trinajstić information content (AvgIpc) is 3.00. The highest BCUT2D eigenvalue weighted by Crippen LogP contribution is 2.15. The number of esters is 2. The Morgan fingerprint density at radius 2 is 0.957 bits per heavy atom. The van der Waals surface area contributed by atoms with Crippen LogP contribution in [0.4, 0.5) is 0 Å². The van der Waals surface area contributed by atoms with Crippen molar-refractivity contribution >= 4 is 17.9 Å². The van der Waals surface area contributed by atoms with Crippen molar-refractivity contribution in [3.63, 3.8) is 0 Å². The van der Waals surface area contributed by atoms with Crippen LogP contribution in [0.15, 0.2) is 0 Å². The molecule has 2 atom stereocenters. The predicted octanol–water partition coefficient (Wildman–Crippen LogP) is 9.41. The summed E-state index contributed by atoms with van der Waals surface area (Å²) in [5.41, 5.74) is 0. The van der Waals surface area contributed by atoms with Crippen LogP contribution in [-0.2, 0) is 28.6 Å². The molecular weight excluding hydrogens is 582 g/mol. The van der Waals surface area contributed by atoms with Gasteiger partial charge in [0.1, 0.15) is 6.61 Å². The normalized spacial score (nSPS) is 13.0. The Bertz CT molecular complexity index is 737. The fourth-order valence-electron chi connectivity index (χ4n) is 5.74. The molecule has 46 heavy (non-hydrogen) atoms. The van der Waals surface area contributed by atoms with E-state index >= 15 is 0 Å². The molecule has 0 rings (SSSR count). The molecule has 8 nitrogen and oxygen atoms in total. The van der Waals surface area contributed by atoms with E-state index in [-0.39, 0.29) is 36.2 Å². The average molecular weight is 657 g/mol. The Labute approximate surface area is 283 Å². The minimum atomic E-state index is -0.873. The number of ether oxygens (including phenoxy) is 3. The molecule has 272 valence electrons. The molecule has 0 saturated heterocycles. The standard InChI is InChI=1S/C38H73NO7/c1-6-8-10-12-14-16-17-18-19-20-21-23-25-27-29-37(41)46-34(32-44-31-30-35(38(42)43)39(3,4)5)33-45-36(40)28-26-24-22-15-13-11-9-7-2/h34-35H,6-33H2,1-5H3/p+1. The van der Waals surface area contributed by atoms with Crippen LogP contribution in [0, 0.1) is 0 Å². The van der Waals surface area contributed by atoms with Crippen LogP contribution < -0.4 is 0 Å². The van der Waals surface area contributed by atoms with E-state index in [1.165, 1.54) is 103 Å². The Kier molecular flexibility index (Phi) is 29.5. The number of hydrogen-bond acceptors (Lipinski definition) is 6. The molecule has 1 N–H and O–H groups in total. The zero-order valence-electron chi connectivity index (χ0n) is 30.8. The molecule has 0 aliphatic heterocycles. The van der Waals surface area contributed by atoms with Crippen LogP contribution in [0.2, 0.25) is 0 Å². The lowest BCUT2D eigenvalue weighted by atomic mass is 10.0. The summed E-state index contributed by atoms with van der Waals surface area (Å²) in [4.78, 5) is 36.6. The molecule has 0 aliphatic carbocycles. The molecule has 0 aromatic rings. The number of carboxylic acid groups (broad SMARTS) is 1. The van der Waals surface area contributed by atoms with E-state index in [2.05, 4.69) is 13.8 Å². The van der Waals surface area contributed by atoms with Gasteiger partial charge < -0.3 is 23.8 Å². The van der Waals surface area contributed by atoms with Gasteiger partial charge >= 0.3 is 17.9 Å². The summed E-state index contributed by atoms with van der Waals surface area (Å²) in [6.45, 7) is 4.71. The second kappa shape index (κ2) is 30.7. The van der Waals surface area contributed by atoms with Gasteiger partial charge in [0.2, 0.25) is 0 Å². The van der Waals surface area contributed by atoms with Crippen molar-refractivity contribution in [2.45, 2.75) is 187 Å². The van der Waals surface area contributed by atoms with Gasteiger partial charge in [-0.05, 0) is 12.8 Å². The van der Waals surface area contributed by atoms with Crippen LogP contribution >= 0.6 is 0 Å². The van der Waals surface area contributed by atoms with Gasteiger partial charge in [0.25, 0.3) is 0 Å². The predicted molar refractivity (Wildman–Crippen MR) is 188 cm³/mol. The number of carbonyl (C=O) groups is 3. The van der Waals surface area contributed by atoms with Gasteiger partial charge in [-0.25, -0.2) is 4.79 Å². The summed E-state index contributed by atoms with van der Waals surface area (Å²) in [5.74, 6) is -1.46. The summed E-state index contributed by atoms with van der Waals surface area (Å²) < 4.78 is 17.2. The molecule has 0 heterocycles. The molecule has 0 bridgehead atoms. The highest BCUT2D eigenvalue weighted by atomic mass is 16.6. The summed E-state index contributed by atoms with van der Waals surface area (Å²) >= 11 is 0. The van der Waals surface area contributed by atoms with Crippen LogP contribution in [0.3, 0.4) is 0 Å². The van der Waals surface area contributed by atoms with Gasteiger partial charge in [-0.1, -0.05) is 142 Å². The van der Waals surface area contributed by atoms with E-state index in [1.54, 1.807) is 0 Å². The number of likely N-dealkylation sites (N-methyl/N-ethyl adjacent to an activating group) is 1. The maximum atomic E-state index is 12.6. The van der Waals surface area contributed by atoms with Crippen molar-refractivity contribution in [1.82, 2.24) is 0 Å². The lowest BCUT2D eigenvalue weighted by Gasteiger charge is -2.31. The maximum absolute atomic E-state index is 12.6. The van der Waals surface area contributed by atoms with Crippen LogP contribution in [0.25, 0.3) is 0 Å². The Balaban J connectivity index is 4.36. The molecule has 8 heteroatoms. The first-order chi connectivity index (χ1) is 22.1. The van der Waals surface area contributed by atoms with Gasteiger partial charge in [-0.3, -0.25) is 9.59 Å². The number of carbonyl (C=O) groups excluding carboxylic acids is 2. The van der Waals surface area contributed by atoms with E-state index in [0.717, 1.165) is 38.5 Å². The molecule has 0 amide bonds. The third kappa shape index (κ3) is 28.5. The molecule has 0 saturated carbocycles. The van der Waals surface area contributed by atoms with E-state index in [0.29, 0.717) is 19.3 Å². The number of aliphatic carboxylic acids is 1. The third-order valence-electron chi connectivity index (χ3n) is 8.76. The SMILES string of the molecule is CCCCCCCCCCCCCCCCC(=O)OC(COCCC(C(=O)O)[N+](C)(C)C)COC(=O)CCCCCCCCCC. The highest BCUT2D eigenvalue weighted by molar-refractivity contribution is 5.72.